The van der Waals surface area contributed by atoms with Gasteiger partial charge in [-0.3, -0.25) is 4.79 Å². The summed E-state index contributed by atoms with van der Waals surface area (Å²) in [5.74, 6) is 0.961. The summed E-state index contributed by atoms with van der Waals surface area (Å²) in [6, 6.07) is 9.60. The lowest BCUT2D eigenvalue weighted by molar-refractivity contribution is -0.124. The number of rotatable bonds is 14. The molecule has 0 saturated carbocycles. The summed E-state index contributed by atoms with van der Waals surface area (Å²) in [7, 11) is 3.05. The third-order valence-corrected chi connectivity index (χ3v) is 5.77. The average Bonchev–Trinajstić information content (AvgIpc) is 2.81. The fourth-order valence-electron chi connectivity index (χ4n) is 3.64. The van der Waals surface area contributed by atoms with Crippen molar-refractivity contribution in [3.05, 3.63) is 30.3 Å². The van der Waals surface area contributed by atoms with E-state index in [4.69, 9.17) is 9.47 Å². The van der Waals surface area contributed by atoms with Crippen LogP contribution < -0.4 is 14.8 Å². The first kappa shape index (κ1) is 25.6. The van der Waals surface area contributed by atoms with Gasteiger partial charge in [-0.05, 0) is 6.42 Å². The van der Waals surface area contributed by atoms with E-state index in [-0.39, 0.29) is 17.7 Å². The molecule has 6 nitrogen and oxygen atoms in total. The second kappa shape index (κ2) is 13.0. The van der Waals surface area contributed by atoms with Gasteiger partial charge in [-0.2, -0.15) is 9.97 Å². The SMILES string of the molecule is CCCCCCCCCCC(C)(C)C(=O)Nc1c(OC)nc(-c2ccccc2)nc1OC. The fourth-order valence-corrected chi connectivity index (χ4v) is 3.64. The zero-order chi connectivity index (χ0) is 23.4. The van der Waals surface area contributed by atoms with Gasteiger partial charge in [0.25, 0.3) is 0 Å². The van der Waals surface area contributed by atoms with E-state index in [9.17, 15) is 4.79 Å². The molecule has 0 radical (unpaired) electrons. The van der Waals surface area contributed by atoms with E-state index >= 15 is 0 Å². The molecule has 0 fully saturated rings. The van der Waals surface area contributed by atoms with Crippen LogP contribution in [0, 0.1) is 5.41 Å². The molecule has 1 aromatic carbocycles. The van der Waals surface area contributed by atoms with E-state index < -0.39 is 5.41 Å². The smallest absolute Gasteiger partial charge is 0.245 e. The van der Waals surface area contributed by atoms with Crippen LogP contribution in [0.5, 0.6) is 11.8 Å². The number of hydrogen-bond acceptors (Lipinski definition) is 5. The zero-order valence-corrected chi connectivity index (χ0v) is 20.4. The third kappa shape index (κ3) is 7.50. The minimum Gasteiger partial charge on any atom is -0.479 e. The van der Waals surface area contributed by atoms with Crippen LogP contribution in [0.4, 0.5) is 5.69 Å². The van der Waals surface area contributed by atoms with Crippen molar-refractivity contribution in [2.45, 2.75) is 78.6 Å². The first-order valence-electron chi connectivity index (χ1n) is 11.8. The minimum atomic E-state index is -0.518. The molecule has 2 rings (SSSR count). The number of nitrogens with one attached hydrogen (secondary N) is 1. The number of anilines is 1. The Morgan fingerprint density at radius 1 is 0.875 bits per heavy atom. The minimum absolute atomic E-state index is 0.0897. The summed E-state index contributed by atoms with van der Waals surface area (Å²) >= 11 is 0. The molecule has 0 bridgehead atoms. The van der Waals surface area contributed by atoms with Gasteiger partial charge in [-0.1, -0.05) is 102 Å². The number of unbranched alkanes of at least 4 members (excludes halogenated alkanes) is 7. The highest BCUT2D eigenvalue weighted by atomic mass is 16.5. The first-order chi connectivity index (χ1) is 15.4. The summed E-state index contributed by atoms with van der Waals surface area (Å²) in [6.07, 6.45) is 10.8. The van der Waals surface area contributed by atoms with Crippen molar-refractivity contribution in [1.29, 1.82) is 0 Å². The molecule has 2 aromatic rings. The molecule has 0 unspecified atom stereocenters. The highest BCUT2D eigenvalue weighted by Gasteiger charge is 2.30. The lowest BCUT2D eigenvalue weighted by Crippen LogP contribution is -2.31. The highest BCUT2D eigenvalue weighted by Crippen LogP contribution is 2.36. The fraction of sp³-hybridized carbons (Fsp3) is 0.577. The number of carbonyl (C=O) groups excluding carboxylic acids is 1. The Morgan fingerprint density at radius 2 is 1.41 bits per heavy atom. The highest BCUT2D eigenvalue weighted by molar-refractivity contribution is 5.97. The molecule has 1 heterocycles. The van der Waals surface area contributed by atoms with Crippen LogP contribution in [0.15, 0.2) is 30.3 Å². The lowest BCUT2D eigenvalue weighted by atomic mass is 9.85. The Kier molecular flexibility index (Phi) is 10.4. The molecule has 1 N–H and O–H groups in total. The topological polar surface area (TPSA) is 73.3 Å². The standard InChI is InChI=1S/C26H39N3O3/c1-6-7-8-9-10-11-12-16-19-26(2,3)25(30)27-21-23(31-4)28-22(29-24(21)32-5)20-17-14-13-15-18-20/h13-15,17-18H,6-12,16,19H2,1-5H3,(H,27,30). The maximum atomic E-state index is 13.1. The molecule has 0 atom stereocenters. The summed E-state index contributed by atoms with van der Waals surface area (Å²) in [6.45, 7) is 6.19. The number of carbonyl (C=O) groups is 1. The van der Waals surface area contributed by atoms with Crippen molar-refractivity contribution in [2.24, 2.45) is 5.41 Å². The number of ether oxygens (including phenoxy) is 2. The largest absolute Gasteiger partial charge is 0.479 e. The Labute approximate surface area is 193 Å². The normalized spacial score (nSPS) is 11.3. The number of benzene rings is 1. The van der Waals surface area contributed by atoms with Crippen LogP contribution in [0.3, 0.4) is 0 Å². The molecule has 1 aromatic heterocycles. The molecule has 0 spiro atoms. The van der Waals surface area contributed by atoms with Crippen LogP contribution in [0.1, 0.15) is 78.6 Å². The van der Waals surface area contributed by atoms with Crippen LogP contribution >= 0.6 is 0 Å². The molecule has 0 aliphatic heterocycles. The third-order valence-electron chi connectivity index (χ3n) is 5.77. The van der Waals surface area contributed by atoms with Gasteiger partial charge >= 0.3 is 0 Å². The van der Waals surface area contributed by atoms with Crippen molar-refractivity contribution in [1.82, 2.24) is 9.97 Å². The number of nitrogens with zero attached hydrogens (tertiary/aromatic N) is 2. The monoisotopic (exact) mass is 441 g/mol. The predicted octanol–water partition coefficient (Wildman–Crippen LogP) is 6.66. The molecule has 0 saturated heterocycles. The quantitative estimate of drug-likeness (QED) is 0.332. The molecule has 1 amide bonds. The van der Waals surface area contributed by atoms with Crippen molar-refractivity contribution in [3.63, 3.8) is 0 Å². The Hall–Kier alpha value is -2.63. The summed E-state index contributed by atoms with van der Waals surface area (Å²) in [5, 5.41) is 2.96. The van der Waals surface area contributed by atoms with Crippen LogP contribution in [0.2, 0.25) is 0 Å². The van der Waals surface area contributed by atoms with E-state index in [1.807, 2.05) is 44.2 Å². The van der Waals surface area contributed by atoms with Crippen molar-refractivity contribution < 1.29 is 14.3 Å². The van der Waals surface area contributed by atoms with Crippen molar-refractivity contribution in [3.8, 4) is 23.1 Å². The van der Waals surface area contributed by atoms with Gasteiger partial charge in [0.05, 0.1) is 14.2 Å². The van der Waals surface area contributed by atoms with Crippen LogP contribution in [0.25, 0.3) is 11.4 Å². The predicted molar refractivity (Wildman–Crippen MR) is 130 cm³/mol. The maximum Gasteiger partial charge on any atom is 0.245 e. The Morgan fingerprint density at radius 3 is 1.94 bits per heavy atom. The molecule has 176 valence electrons. The summed E-state index contributed by atoms with van der Waals surface area (Å²) < 4.78 is 10.9. The summed E-state index contributed by atoms with van der Waals surface area (Å²) in [4.78, 5) is 22.1. The van der Waals surface area contributed by atoms with Gasteiger partial charge < -0.3 is 14.8 Å². The molecular formula is C26H39N3O3. The lowest BCUT2D eigenvalue weighted by Gasteiger charge is -2.24. The van der Waals surface area contributed by atoms with Crippen LogP contribution in [-0.2, 0) is 4.79 Å². The Bertz CT molecular complexity index is 812. The van der Waals surface area contributed by atoms with Gasteiger partial charge in [0.2, 0.25) is 17.7 Å². The number of amides is 1. The summed E-state index contributed by atoms with van der Waals surface area (Å²) in [5.41, 5.74) is 0.691. The second-order valence-electron chi connectivity index (χ2n) is 8.87. The number of hydrogen-bond donors (Lipinski definition) is 1. The van der Waals surface area contributed by atoms with E-state index in [2.05, 4.69) is 22.2 Å². The van der Waals surface area contributed by atoms with Crippen molar-refractivity contribution in [2.75, 3.05) is 19.5 Å². The Balaban J connectivity index is 2.01. The maximum absolute atomic E-state index is 13.1. The molecular weight excluding hydrogens is 402 g/mol. The van der Waals surface area contributed by atoms with Gasteiger partial charge in [0.15, 0.2) is 11.5 Å². The zero-order valence-electron chi connectivity index (χ0n) is 20.4. The average molecular weight is 442 g/mol. The number of methoxy groups -OCH3 is 2. The second-order valence-corrected chi connectivity index (χ2v) is 8.87. The molecule has 6 heteroatoms. The van der Waals surface area contributed by atoms with Gasteiger partial charge in [0, 0.05) is 11.0 Å². The van der Waals surface area contributed by atoms with E-state index in [1.165, 1.54) is 52.7 Å². The molecule has 0 aliphatic carbocycles. The van der Waals surface area contributed by atoms with Gasteiger partial charge in [-0.15, -0.1) is 0 Å². The van der Waals surface area contributed by atoms with E-state index in [0.29, 0.717) is 11.5 Å². The van der Waals surface area contributed by atoms with Crippen LogP contribution in [-0.4, -0.2) is 30.1 Å². The van der Waals surface area contributed by atoms with E-state index in [0.717, 1.165) is 24.8 Å². The number of aromatic nitrogens is 2. The molecule has 0 aliphatic rings. The molecule has 32 heavy (non-hydrogen) atoms. The van der Waals surface area contributed by atoms with Gasteiger partial charge in [0.1, 0.15) is 0 Å². The van der Waals surface area contributed by atoms with Crippen molar-refractivity contribution >= 4 is 11.6 Å². The van der Waals surface area contributed by atoms with E-state index in [1.54, 1.807) is 0 Å². The first-order valence-corrected chi connectivity index (χ1v) is 11.8. The van der Waals surface area contributed by atoms with Gasteiger partial charge in [-0.25, -0.2) is 0 Å².